The van der Waals surface area contributed by atoms with Gasteiger partial charge in [0.25, 0.3) is 0 Å². The number of nitrogens with zero attached hydrogens (tertiary/aromatic N) is 4. The van der Waals surface area contributed by atoms with E-state index in [0.29, 0.717) is 34.7 Å². The summed E-state index contributed by atoms with van der Waals surface area (Å²) in [6.45, 7) is 4.33. The van der Waals surface area contributed by atoms with Gasteiger partial charge in [0.15, 0.2) is 20.8 Å². The fourth-order valence-electron chi connectivity index (χ4n) is 3.33. The maximum Gasteiger partial charge on any atom is 0.236 e. The van der Waals surface area contributed by atoms with E-state index < -0.39 is 15.1 Å². The number of thioether (sulfide) groups is 1. The Morgan fingerprint density at radius 1 is 1.40 bits per heavy atom. The zero-order valence-electron chi connectivity index (χ0n) is 17.1. The minimum Gasteiger partial charge on any atom is -0.484 e. The highest BCUT2D eigenvalue weighted by atomic mass is 35.5. The lowest BCUT2D eigenvalue weighted by atomic mass is 10.2. The van der Waals surface area contributed by atoms with Crippen LogP contribution < -0.4 is 4.74 Å². The highest BCUT2D eigenvalue weighted by Gasteiger charge is 2.35. The van der Waals surface area contributed by atoms with E-state index in [2.05, 4.69) is 10.2 Å². The molecule has 1 saturated heterocycles. The molecule has 0 N–H and O–H groups in total. The fourth-order valence-corrected chi connectivity index (χ4v) is 6.16. The fraction of sp³-hybridized carbons (Fsp3) is 0.526. The van der Waals surface area contributed by atoms with Crippen molar-refractivity contribution in [2.24, 2.45) is 7.05 Å². The van der Waals surface area contributed by atoms with Gasteiger partial charge in [-0.3, -0.25) is 4.79 Å². The molecule has 0 unspecified atom stereocenters. The van der Waals surface area contributed by atoms with Gasteiger partial charge in [-0.2, -0.15) is 0 Å². The number of benzene rings is 1. The summed E-state index contributed by atoms with van der Waals surface area (Å²) in [5.41, 5.74) is 0. The third kappa shape index (κ3) is 5.28. The van der Waals surface area contributed by atoms with Crippen LogP contribution in [0.25, 0.3) is 0 Å². The van der Waals surface area contributed by atoms with Crippen molar-refractivity contribution in [3.8, 4) is 5.75 Å². The molecular weight excluding hydrogens is 448 g/mol. The van der Waals surface area contributed by atoms with Crippen LogP contribution in [0.4, 0.5) is 0 Å². The van der Waals surface area contributed by atoms with E-state index in [1.807, 2.05) is 26.1 Å². The predicted octanol–water partition coefficient (Wildman–Crippen LogP) is 2.56. The Bertz CT molecular complexity index is 1010. The molecule has 164 valence electrons. The number of ether oxygens (including phenoxy) is 1. The molecule has 2 aromatic rings. The number of sulfone groups is 1. The van der Waals surface area contributed by atoms with Crippen LogP contribution in [-0.2, 0) is 28.3 Å². The molecule has 1 amide bonds. The summed E-state index contributed by atoms with van der Waals surface area (Å²) in [5, 5.41) is 9.01. The summed E-state index contributed by atoms with van der Waals surface area (Å²) >= 11 is 7.40. The lowest BCUT2D eigenvalue weighted by molar-refractivity contribution is -0.131. The number of aromatic nitrogens is 3. The van der Waals surface area contributed by atoms with E-state index in [1.165, 1.54) is 11.8 Å². The quantitative estimate of drug-likeness (QED) is 0.545. The van der Waals surface area contributed by atoms with E-state index in [4.69, 9.17) is 16.3 Å². The van der Waals surface area contributed by atoms with Crippen molar-refractivity contribution in [1.82, 2.24) is 19.7 Å². The van der Waals surface area contributed by atoms with Crippen LogP contribution in [-0.4, -0.2) is 63.3 Å². The number of para-hydroxylation sites is 1. The van der Waals surface area contributed by atoms with E-state index in [-0.39, 0.29) is 30.1 Å². The van der Waals surface area contributed by atoms with Crippen molar-refractivity contribution in [2.75, 3.05) is 18.1 Å². The van der Waals surface area contributed by atoms with Crippen LogP contribution in [0.1, 0.15) is 26.1 Å². The zero-order valence-corrected chi connectivity index (χ0v) is 19.5. The number of halogens is 1. The van der Waals surface area contributed by atoms with Crippen molar-refractivity contribution in [3.05, 3.63) is 35.1 Å². The normalized spacial score (nSPS) is 18.9. The van der Waals surface area contributed by atoms with Crippen LogP contribution in [0.5, 0.6) is 5.75 Å². The van der Waals surface area contributed by atoms with Crippen LogP contribution in [0.15, 0.2) is 29.4 Å². The molecule has 8 nitrogen and oxygen atoms in total. The molecule has 1 aromatic heterocycles. The van der Waals surface area contributed by atoms with Gasteiger partial charge in [0.05, 0.1) is 21.8 Å². The smallest absolute Gasteiger partial charge is 0.236 e. The Balaban J connectivity index is 1.63. The highest BCUT2D eigenvalue weighted by molar-refractivity contribution is 8.00. The highest BCUT2D eigenvalue weighted by Crippen LogP contribution is 2.27. The minimum absolute atomic E-state index is 0.0391. The second-order valence-corrected chi connectivity index (χ2v) is 11.1. The van der Waals surface area contributed by atoms with Gasteiger partial charge in [-0.25, -0.2) is 8.42 Å². The summed E-state index contributed by atoms with van der Waals surface area (Å²) in [7, 11) is -1.24. The Kier molecular flexibility index (Phi) is 7.30. The molecule has 1 aliphatic heterocycles. The van der Waals surface area contributed by atoms with Crippen LogP contribution in [0, 0.1) is 0 Å². The summed E-state index contributed by atoms with van der Waals surface area (Å²) in [6.07, 6.45) is 0.493. The van der Waals surface area contributed by atoms with Gasteiger partial charge >= 0.3 is 0 Å². The molecular formula is C19H25ClN4O4S2. The number of hydrogen-bond donors (Lipinski definition) is 0. The topological polar surface area (TPSA) is 94.4 Å². The monoisotopic (exact) mass is 472 g/mol. The molecule has 1 aliphatic rings. The third-order valence-corrected chi connectivity index (χ3v) is 8.21. The Morgan fingerprint density at radius 3 is 2.77 bits per heavy atom. The molecule has 1 aromatic carbocycles. The number of hydrogen-bond acceptors (Lipinski definition) is 7. The zero-order chi connectivity index (χ0) is 21.9. The number of carbonyl (C=O) groups excluding carboxylic acids is 1. The Morgan fingerprint density at radius 2 is 2.13 bits per heavy atom. The van der Waals surface area contributed by atoms with Crippen LogP contribution >= 0.6 is 23.4 Å². The summed E-state index contributed by atoms with van der Waals surface area (Å²) in [4.78, 5) is 14.6. The van der Waals surface area contributed by atoms with Gasteiger partial charge in [-0.1, -0.05) is 35.5 Å². The Hall–Kier alpha value is -1.78. The van der Waals surface area contributed by atoms with Crippen molar-refractivity contribution in [1.29, 1.82) is 0 Å². The molecule has 2 heterocycles. The standard InChI is InChI=1S/C19H25ClN4O4S2/c1-4-24(14-9-10-30(26,27)12-14)18(25)13(2)29-19-22-21-17(23(19)3)11-28-16-8-6-5-7-15(16)20/h5-8,13-14H,4,9-12H2,1-3H3/t13-,14-/m1/s1. The second kappa shape index (κ2) is 9.57. The lowest BCUT2D eigenvalue weighted by Crippen LogP contribution is -2.44. The maximum atomic E-state index is 13.0. The molecule has 0 bridgehead atoms. The van der Waals surface area contributed by atoms with E-state index in [0.717, 1.165) is 0 Å². The van der Waals surface area contributed by atoms with Crippen molar-refractivity contribution < 1.29 is 17.9 Å². The van der Waals surface area contributed by atoms with Crippen molar-refractivity contribution >= 4 is 39.1 Å². The second-order valence-electron chi connectivity index (χ2n) is 7.12. The molecule has 0 radical (unpaired) electrons. The lowest BCUT2D eigenvalue weighted by Gasteiger charge is -2.29. The first-order valence-electron chi connectivity index (χ1n) is 9.65. The molecule has 3 rings (SSSR count). The van der Waals surface area contributed by atoms with Crippen molar-refractivity contribution in [2.45, 2.75) is 43.3 Å². The molecule has 0 saturated carbocycles. The number of carbonyl (C=O) groups is 1. The van der Waals surface area contributed by atoms with Gasteiger partial charge in [-0.15, -0.1) is 10.2 Å². The molecule has 0 aliphatic carbocycles. The van der Waals surface area contributed by atoms with Gasteiger partial charge in [-0.05, 0) is 32.4 Å². The largest absolute Gasteiger partial charge is 0.484 e. The van der Waals surface area contributed by atoms with E-state index >= 15 is 0 Å². The SMILES string of the molecule is CCN(C(=O)[C@@H](C)Sc1nnc(COc2ccccc2Cl)n1C)[C@@H]1CCS(=O)(=O)C1. The van der Waals surface area contributed by atoms with Crippen LogP contribution in [0.2, 0.25) is 5.02 Å². The van der Waals surface area contributed by atoms with Gasteiger partial charge in [0, 0.05) is 19.6 Å². The first-order valence-corrected chi connectivity index (χ1v) is 12.7. The van der Waals surface area contributed by atoms with Gasteiger partial charge in [0.1, 0.15) is 12.4 Å². The maximum absolute atomic E-state index is 13.0. The minimum atomic E-state index is -3.05. The molecule has 11 heteroatoms. The number of amides is 1. The average Bonchev–Trinajstić information content (AvgIpc) is 3.24. The predicted molar refractivity (Wildman–Crippen MR) is 117 cm³/mol. The molecule has 30 heavy (non-hydrogen) atoms. The van der Waals surface area contributed by atoms with E-state index in [1.54, 1.807) is 28.5 Å². The van der Waals surface area contributed by atoms with Gasteiger partial charge in [0.2, 0.25) is 5.91 Å². The molecule has 0 spiro atoms. The summed E-state index contributed by atoms with van der Waals surface area (Å²) in [6, 6.07) is 6.93. The van der Waals surface area contributed by atoms with Crippen molar-refractivity contribution in [3.63, 3.8) is 0 Å². The third-order valence-electron chi connectivity index (χ3n) is 5.02. The first kappa shape index (κ1) is 22.9. The Labute approximate surface area is 185 Å². The van der Waals surface area contributed by atoms with E-state index in [9.17, 15) is 13.2 Å². The summed E-state index contributed by atoms with van der Waals surface area (Å²) < 4.78 is 31.1. The average molecular weight is 473 g/mol. The van der Waals surface area contributed by atoms with Crippen LogP contribution in [0.3, 0.4) is 0 Å². The summed E-state index contributed by atoms with van der Waals surface area (Å²) in [5.74, 6) is 1.25. The first-order chi connectivity index (χ1) is 14.2. The molecule has 1 fully saturated rings. The van der Waals surface area contributed by atoms with Gasteiger partial charge < -0.3 is 14.2 Å². The number of rotatable bonds is 8. The molecule has 2 atom stereocenters.